The number of hydrogen-bond donors (Lipinski definition) is 2. The van der Waals surface area contributed by atoms with E-state index < -0.39 is 0 Å². The van der Waals surface area contributed by atoms with E-state index in [0.29, 0.717) is 11.5 Å². The summed E-state index contributed by atoms with van der Waals surface area (Å²) in [6.45, 7) is 2.86. The molecule has 5 nitrogen and oxygen atoms in total. The smallest absolute Gasteiger partial charge is 0.224 e. The molecular formula is C20H18N4O. The molecule has 0 radical (unpaired) electrons. The summed E-state index contributed by atoms with van der Waals surface area (Å²) in [6.07, 6.45) is 1.64. The van der Waals surface area contributed by atoms with Crippen LogP contribution in [0.1, 0.15) is 12.5 Å². The van der Waals surface area contributed by atoms with Crippen LogP contribution in [0.3, 0.4) is 0 Å². The minimum absolute atomic E-state index is 0.202. The Bertz CT molecular complexity index is 1080. The Morgan fingerprint density at radius 1 is 1.08 bits per heavy atom. The van der Waals surface area contributed by atoms with Crippen molar-refractivity contribution in [1.29, 1.82) is 0 Å². The highest BCUT2D eigenvalue weighted by atomic mass is 16.3. The van der Waals surface area contributed by atoms with Gasteiger partial charge in [0, 0.05) is 12.1 Å². The number of imidazole rings is 1. The van der Waals surface area contributed by atoms with Gasteiger partial charge in [0.25, 0.3) is 0 Å². The fourth-order valence-electron chi connectivity index (χ4n) is 3.06. The average Bonchev–Trinajstić information content (AvgIpc) is 3.01. The standard InChI is InChI=1S/C20H18N4O/c1-2-24-18-10-6-5-9-17(18)22-20(24)23-21-13-16-15-8-4-3-7-14(15)11-12-19(16)25/h3-13,25H,2H2,1H3,(H,22,23)/b21-13-. The van der Waals surface area contributed by atoms with E-state index in [0.717, 1.165) is 28.4 Å². The van der Waals surface area contributed by atoms with Crippen molar-refractivity contribution in [3.05, 3.63) is 66.2 Å². The number of para-hydroxylation sites is 2. The van der Waals surface area contributed by atoms with Gasteiger partial charge in [0.05, 0.1) is 17.2 Å². The Kier molecular flexibility index (Phi) is 3.82. The molecule has 4 rings (SSSR count). The summed E-state index contributed by atoms with van der Waals surface area (Å²) in [4.78, 5) is 4.58. The predicted octanol–water partition coefficient (Wildman–Crippen LogP) is 4.36. The van der Waals surface area contributed by atoms with Crippen LogP contribution in [0.25, 0.3) is 21.8 Å². The lowest BCUT2D eigenvalue weighted by Gasteiger charge is -2.06. The maximum atomic E-state index is 10.2. The van der Waals surface area contributed by atoms with E-state index in [-0.39, 0.29) is 5.75 Å². The van der Waals surface area contributed by atoms with Crippen molar-refractivity contribution < 1.29 is 5.11 Å². The van der Waals surface area contributed by atoms with Crippen LogP contribution in [0.2, 0.25) is 0 Å². The van der Waals surface area contributed by atoms with Gasteiger partial charge in [-0.2, -0.15) is 5.10 Å². The quantitative estimate of drug-likeness (QED) is 0.432. The van der Waals surface area contributed by atoms with Gasteiger partial charge in [0.2, 0.25) is 5.95 Å². The first-order valence-electron chi connectivity index (χ1n) is 8.23. The number of benzene rings is 3. The third-order valence-corrected chi connectivity index (χ3v) is 4.28. The molecule has 4 aromatic rings. The van der Waals surface area contributed by atoms with Crippen LogP contribution in [-0.2, 0) is 6.54 Å². The molecule has 0 bridgehead atoms. The zero-order valence-corrected chi connectivity index (χ0v) is 13.8. The number of anilines is 1. The average molecular weight is 330 g/mol. The molecule has 0 atom stereocenters. The third-order valence-electron chi connectivity index (χ3n) is 4.28. The Morgan fingerprint density at radius 3 is 2.76 bits per heavy atom. The normalized spacial score (nSPS) is 11.6. The fourth-order valence-corrected chi connectivity index (χ4v) is 3.06. The van der Waals surface area contributed by atoms with Gasteiger partial charge in [-0.1, -0.05) is 42.5 Å². The first-order chi connectivity index (χ1) is 12.3. The molecule has 0 aliphatic rings. The molecule has 0 fully saturated rings. The summed E-state index contributed by atoms with van der Waals surface area (Å²) in [5, 5.41) is 16.5. The van der Waals surface area contributed by atoms with Crippen LogP contribution in [-0.4, -0.2) is 20.9 Å². The molecule has 0 unspecified atom stereocenters. The Hall–Kier alpha value is -3.34. The summed E-state index contributed by atoms with van der Waals surface area (Å²) in [6, 6.07) is 19.5. The summed E-state index contributed by atoms with van der Waals surface area (Å²) < 4.78 is 2.07. The number of fused-ring (bicyclic) bond motifs is 2. The van der Waals surface area contributed by atoms with Crippen LogP contribution in [0.5, 0.6) is 5.75 Å². The summed E-state index contributed by atoms with van der Waals surface area (Å²) >= 11 is 0. The van der Waals surface area contributed by atoms with Crippen LogP contribution in [0.4, 0.5) is 5.95 Å². The number of hydrazone groups is 1. The molecule has 5 heteroatoms. The summed E-state index contributed by atoms with van der Waals surface area (Å²) in [5.41, 5.74) is 5.68. The van der Waals surface area contributed by atoms with Gasteiger partial charge in [-0.05, 0) is 35.9 Å². The highest BCUT2D eigenvalue weighted by molar-refractivity contribution is 6.02. The first-order valence-corrected chi connectivity index (χ1v) is 8.23. The van der Waals surface area contributed by atoms with Crippen molar-refractivity contribution in [2.24, 2.45) is 5.10 Å². The molecule has 1 heterocycles. The predicted molar refractivity (Wildman–Crippen MR) is 102 cm³/mol. The number of rotatable bonds is 4. The van der Waals surface area contributed by atoms with Crippen molar-refractivity contribution in [1.82, 2.24) is 9.55 Å². The second-order valence-corrected chi connectivity index (χ2v) is 5.76. The number of aryl methyl sites for hydroxylation is 1. The maximum absolute atomic E-state index is 10.2. The van der Waals surface area contributed by atoms with Gasteiger partial charge in [-0.25, -0.2) is 10.4 Å². The number of nitrogens with zero attached hydrogens (tertiary/aromatic N) is 3. The number of aromatic nitrogens is 2. The van der Waals surface area contributed by atoms with Crippen LogP contribution >= 0.6 is 0 Å². The minimum Gasteiger partial charge on any atom is -0.507 e. The zero-order valence-electron chi connectivity index (χ0n) is 13.8. The lowest BCUT2D eigenvalue weighted by Crippen LogP contribution is -2.02. The molecule has 124 valence electrons. The van der Waals surface area contributed by atoms with E-state index in [4.69, 9.17) is 0 Å². The van der Waals surface area contributed by atoms with E-state index in [1.54, 1.807) is 12.3 Å². The molecular weight excluding hydrogens is 312 g/mol. The lowest BCUT2D eigenvalue weighted by atomic mass is 10.0. The molecule has 3 aromatic carbocycles. The SMILES string of the molecule is CCn1c(N/N=C\c2c(O)ccc3ccccc23)nc2ccccc21. The highest BCUT2D eigenvalue weighted by Gasteiger charge is 2.08. The molecule has 0 saturated carbocycles. The molecule has 0 amide bonds. The van der Waals surface area contributed by atoms with Gasteiger partial charge in [-0.3, -0.25) is 0 Å². The van der Waals surface area contributed by atoms with E-state index >= 15 is 0 Å². The number of aromatic hydroxyl groups is 1. The highest BCUT2D eigenvalue weighted by Crippen LogP contribution is 2.25. The largest absolute Gasteiger partial charge is 0.507 e. The van der Waals surface area contributed by atoms with E-state index in [1.165, 1.54) is 0 Å². The van der Waals surface area contributed by atoms with E-state index in [9.17, 15) is 5.11 Å². The molecule has 0 saturated heterocycles. The Balaban J connectivity index is 1.69. The van der Waals surface area contributed by atoms with Gasteiger partial charge in [0.15, 0.2) is 0 Å². The summed E-state index contributed by atoms with van der Waals surface area (Å²) in [5.74, 6) is 0.882. The molecule has 0 spiro atoms. The van der Waals surface area contributed by atoms with Crippen molar-refractivity contribution in [2.45, 2.75) is 13.5 Å². The van der Waals surface area contributed by atoms with Crippen molar-refractivity contribution >= 4 is 34.0 Å². The molecule has 25 heavy (non-hydrogen) atoms. The number of nitrogens with one attached hydrogen (secondary N) is 1. The molecule has 0 aliphatic carbocycles. The second-order valence-electron chi connectivity index (χ2n) is 5.76. The summed E-state index contributed by atoms with van der Waals surface area (Å²) in [7, 11) is 0. The zero-order chi connectivity index (χ0) is 17.2. The minimum atomic E-state index is 0.202. The lowest BCUT2D eigenvalue weighted by molar-refractivity contribution is 0.475. The first kappa shape index (κ1) is 15.2. The number of phenols is 1. The number of phenolic OH excluding ortho intramolecular Hbond substituents is 1. The fraction of sp³-hybridized carbons (Fsp3) is 0.100. The number of hydrogen-bond acceptors (Lipinski definition) is 4. The Morgan fingerprint density at radius 2 is 1.88 bits per heavy atom. The van der Waals surface area contributed by atoms with Crippen LogP contribution < -0.4 is 5.43 Å². The van der Waals surface area contributed by atoms with E-state index in [2.05, 4.69) is 27.0 Å². The van der Waals surface area contributed by atoms with E-state index in [1.807, 2.05) is 54.6 Å². The van der Waals surface area contributed by atoms with Gasteiger partial charge in [0.1, 0.15) is 5.75 Å². The van der Waals surface area contributed by atoms with Gasteiger partial charge < -0.3 is 9.67 Å². The van der Waals surface area contributed by atoms with Crippen molar-refractivity contribution in [3.63, 3.8) is 0 Å². The van der Waals surface area contributed by atoms with Gasteiger partial charge in [-0.15, -0.1) is 0 Å². The second kappa shape index (κ2) is 6.28. The monoisotopic (exact) mass is 330 g/mol. The molecule has 0 aliphatic heterocycles. The van der Waals surface area contributed by atoms with Crippen molar-refractivity contribution in [3.8, 4) is 5.75 Å². The van der Waals surface area contributed by atoms with Crippen LogP contribution in [0.15, 0.2) is 65.8 Å². The molecule has 2 N–H and O–H groups in total. The topological polar surface area (TPSA) is 62.4 Å². The third kappa shape index (κ3) is 2.70. The maximum Gasteiger partial charge on any atom is 0.224 e. The van der Waals surface area contributed by atoms with Gasteiger partial charge >= 0.3 is 0 Å². The Labute approximate surface area is 145 Å². The van der Waals surface area contributed by atoms with Crippen molar-refractivity contribution in [2.75, 3.05) is 5.43 Å². The van der Waals surface area contributed by atoms with Crippen LogP contribution in [0, 0.1) is 0 Å². The molecule has 1 aromatic heterocycles.